The zero-order valence-electron chi connectivity index (χ0n) is 8.16. The maximum atomic E-state index is 9.06. The molecule has 13 heavy (non-hydrogen) atoms. The summed E-state index contributed by atoms with van der Waals surface area (Å²) in [6.45, 7) is 3.92. The smallest absolute Gasteiger partial charge is 0.0602 e. The van der Waals surface area contributed by atoms with E-state index in [4.69, 9.17) is 5.11 Å². The van der Waals surface area contributed by atoms with Crippen LogP contribution in [0.15, 0.2) is 24.3 Å². The van der Waals surface area contributed by atoms with Crippen molar-refractivity contribution in [2.45, 2.75) is 25.7 Å². The van der Waals surface area contributed by atoms with Gasteiger partial charge in [-0.1, -0.05) is 29.8 Å². The van der Waals surface area contributed by atoms with Crippen LogP contribution in [-0.4, -0.2) is 17.0 Å². The summed E-state index contributed by atoms with van der Waals surface area (Å²) in [5.41, 5.74) is 2.64. The van der Waals surface area contributed by atoms with Crippen molar-refractivity contribution in [1.82, 2.24) is 0 Å². The highest BCUT2D eigenvalue weighted by Crippen LogP contribution is 2.14. The van der Waals surface area contributed by atoms with Crippen molar-refractivity contribution in [3.8, 4) is 0 Å². The van der Waals surface area contributed by atoms with Crippen molar-refractivity contribution < 1.29 is 5.11 Å². The van der Waals surface area contributed by atoms with Gasteiger partial charge in [0.05, 0.1) is 6.10 Å². The maximum absolute atomic E-state index is 9.06. The summed E-state index contributed by atoms with van der Waals surface area (Å²) >= 11 is 1.77. The fourth-order valence-electron chi connectivity index (χ4n) is 1.15. The molecule has 0 amide bonds. The predicted octanol–water partition coefficient (Wildman–Crippen LogP) is 2.61. The van der Waals surface area contributed by atoms with E-state index in [0.29, 0.717) is 0 Å². The molecule has 2 heteroatoms. The average Bonchev–Trinajstić information content (AvgIpc) is 2.03. The summed E-state index contributed by atoms with van der Waals surface area (Å²) in [5, 5.41) is 9.06. The minimum absolute atomic E-state index is 0.199. The van der Waals surface area contributed by atoms with Gasteiger partial charge in [0.15, 0.2) is 0 Å². The third-order valence-corrected chi connectivity index (χ3v) is 2.97. The Bertz CT molecular complexity index is 258. The summed E-state index contributed by atoms with van der Waals surface area (Å²) < 4.78 is 0. The second-order valence-electron chi connectivity index (χ2n) is 3.35. The average molecular weight is 196 g/mol. The number of hydrogen-bond donors (Lipinski definition) is 1. The minimum Gasteiger partial charge on any atom is -0.393 e. The molecule has 1 N–H and O–H groups in total. The maximum Gasteiger partial charge on any atom is 0.0602 e. The molecular formula is C11H16OS. The van der Waals surface area contributed by atoms with Crippen LogP contribution in [0.2, 0.25) is 0 Å². The lowest BCUT2D eigenvalue weighted by molar-refractivity contribution is 0.220. The van der Waals surface area contributed by atoms with Gasteiger partial charge in [-0.3, -0.25) is 0 Å². The van der Waals surface area contributed by atoms with Gasteiger partial charge < -0.3 is 5.11 Å². The summed E-state index contributed by atoms with van der Waals surface area (Å²) in [4.78, 5) is 0. The van der Waals surface area contributed by atoms with E-state index in [2.05, 4.69) is 31.2 Å². The zero-order valence-corrected chi connectivity index (χ0v) is 8.97. The Kier molecular flexibility index (Phi) is 4.33. The van der Waals surface area contributed by atoms with E-state index >= 15 is 0 Å². The van der Waals surface area contributed by atoms with Gasteiger partial charge in [-0.25, -0.2) is 0 Å². The Labute approximate surface area is 84.2 Å². The van der Waals surface area contributed by atoms with Crippen LogP contribution in [0.25, 0.3) is 0 Å². The van der Waals surface area contributed by atoms with Gasteiger partial charge in [0.1, 0.15) is 0 Å². The van der Waals surface area contributed by atoms with Crippen LogP contribution >= 0.6 is 11.8 Å². The topological polar surface area (TPSA) is 20.2 Å². The second kappa shape index (κ2) is 5.30. The first kappa shape index (κ1) is 10.6. The van der Waals surface area contributed by atoms with Crippen molar-refractivity contribution >= 4 is 11.8 Å². The SMILES string of the molecule is Cc1cccc(CSC[C@H](C)O)c1. The number of aliphatic hydroxyl groups excluding tert-OH is 1. The van der Waals surface area contributed by atoms with Crippen molar-refractivity contribution in [2.75, 3.05) is 5.75 Å². The lowest BCUT2D eigenvalue weighted by Crippen LogP contribution is -2.02. The Morgan fingerprint density at radius 2 is 2.23 bits per heavy atom. The fourth-order valence-corrected chi connectivity index (χ4v) is 2.02. The predicted molar refractivity (Wildman–Crippen MR) is 59.0 cm³/mol. The molecule has 1 aromatic carbocycles. The van der Waals surface area contributed by atoms with Crippen LogP contribution in [0.1, 0.15) is 18.1 Å². The number of benzene rings is 1. The van der Waals surface area contributed by atoms with E-state index in [1.165, 1.54) is 11.1 Å². The summed E-state index contributed by atoms with van der Waals surface area (Å²) in [7, 11) is 0. The van der Waals surface area contributed by atoms with Crippen LogP contribution < -0.4 is 0 Å². The molecule has 0 aliphatic heterocycles. The van der Waals surface area contributed by atoms with Crippen molar-refractivity contribution in [3.63, 3.8) is 0 Å². The molecule has 0 saturated heterocycles. The molecule has 0 fully saturated rings. The van der Waals surface area contributed by atoms with Gasteiger partial charge in [-0.2, -0.15) is 11.8 Å². The first-order chi connectivity index (χ1) is 6.18. The summed E-state index contributed by atoms with van der Waals surface area (Å²) in [6, 6.07) is 8.49. The fraction of sp³-hybridized carbons (Fsp3) is 0.455. The monoisotopic (exact) mass is 196 g/mol. The van der Waals surface area contributed by atoms with Gasteiger partial charge in [-0.15, -0.1) is 0 Å². The van der Waals surface area contributed by atoms with Gasteiger partial charge in [0.2, 0.25) is 0 Å². The van der Waals surface area contributed by atoms with Gasteiger partial charge in [0.25, 0.3) is 0 Å². The van der Waals surface area contributed by atoms with Crippen LogP contribution in [0.4, 0.5) is 0 Å². The zero-order chi connectivity index (χ0) is 9.68. The molecule has 1 aromatic rings. The first-order valence-electron chi connectivity index (χ1n) is 4.50. The molecule has 0 aliphatic rings. The molecule has 0 aromatic heterocycles. The quantitative estimate of drug-likeness (QED) is 0.798. The molecule has 0 heterocycles. The molecule has 0 saturated carbocycles. The molecule has 0 radical (unpaired) electrons. The lowest BCUT2D eigenvalue weighted by atomic mass is 10.2. The third-order valence-electron chi connectivity index (χ3n) is 1.71. The van der Waals surface area contributed by atoms with Crippen LogP contribution in [0.5, 0.6) is 0 Å². The van der Waals surface area contributed by atoms with E-state index in [9.17, 15) is 0 Å². The Balaban J connectivity index is 2.37. The van der Waals surface area contributed by atoms with E-state index in [1.54, 1.807) is 11.8 Å². The van der Waals surface area contributed by atoms with Gasteiger partial charge in [0, 0.05) is 11.5 Å². The van der Waals surface area contributed by atoms with E-state index in [-0.39, 0.29) is 6.10 Å². The summed E-state index contributed by atoms with van der Waals surface area (Å²) in [5.74, 6) is 1.81. The van der Waals surface area contributed by atoms with E-state index in [1.807, 2.05) is 6.92 Å². The number of aliphatic hydroxyl groups is 1. The van der Waals surface area contributed by atoms with Crippen LogP contribution in [0.3, 0.4) is 0 Å². The second-order valence-corrected chi connectivity index (χ2v) is 4.38. The highest BCUT2D eigenvalue weighted by atomic mass is 32.2. The molecule has 0 unspecified atom stereocenters. The van der Waals surface area contributed by atoms with Gasteiger partial charge in [-0.05, 0) is 19.4 Å². The van der Waals surface area contributed by atoms with Crippen molar-refractivity contribution in [3.05, 3.63) is 35.4 Å². The number of thioether (sulfide) groups is 1. The molecule has 0 spiro atoms. The molecule has 1 nitrogen and oxygen atoms in total. The Morgan fingerprint density at radius 3 is 2.85 bits per heavy atom. The molecule has 1 rings (SSSR count). The van der Waals surface area contributed by atoms with Crippen LogP contribution in [-0.2, 0) is 5.75 Å². The number of rotatable bonds is 4. The minimum atomic E-state index is -0.199. The highest BCUT2D eigenvalue weighted by Gasteiger charge is 1.97. The number of hydrogen-bond acceptors (Lipinski definition) is 2. The molecule has 0 bridgehead atoms. The largest absolute Gasteiger partial charge is 0.393 e. The molecule has 1 atom stereocenters. The summed E-state index contributed by atoms with van der Waals surface area (Å²) in [6.07, 6.45) is -0.199. The lowest BCUT2D eigenvalue weighted by Gasteiger charge is -2.04. The standard InChI is InChI=1S/C11H16OS/c1-9-4-3-5-11(6-9)8-13-7-10(2)12/h3-6,10,12H,7-8H2,1-2H3/t10-/m0/s1. The van der Waals surface area contributed by atoms with Crippen molar-refractivity contribution in [1.29, 1.82) is 0 Å². The Hall–Kier alpha value is -0.470. The molecule has 72 valence electrons. The van der Waals surface area contributed by atoms with Crippen molar-refractivity contribution in [2.24, 2.45) is 0 Å². The van der Waals surface area contributed by atoms with E-state index in [0.717, 1.165) is 11.5 Å². The van der Waals surface area contributed by atoms with Gasteiger partial charge >= 0.3 is 0 Å². The van der Waals surface area contributed by atoms with E-state index < -0.39 is 0 Å². The third kappa shape index (κ3) is 4.34. The Morgan fingerprint density at radius 1 is 1.46 bits per heavy atom. The normalized spacial score (nSPS) is 12.8. The highest BCUT2D eigenvalue weighted by molar-refractivity contribution is 7.98. The van der Waals surface area contributed by atoms with Crippen LogP contribution in [0, 0.1) is 6.92 Å². The number of aryl methyl sites for hydroxylation is 1. The molecule has 0 aliphatic carbocycles. The molecular weight excluding hydrogens is 180 g/mol. The first-order valence-corrected chi connectivity index (χ1v) is 5.65.